The third-order valence-corrected chi connectivity index (χ3v) is 10.3. The third kappa shape index (κ3) is 9.99. The Morgan fingerprint density at radius 3 is 1.95 bits per heavy atom. The van der Waals surface area contributed by atoms with Crippen molar-refractivity contribution in [3.05, 3.63) is 125 Å². The number of fused-ring (bicyclic) bond motifs is 1. The molecule has 1 heterocycles. The number of hydrogen-bond donors (Lipinski definition) is 1. The van der Waals surface area contributed by atoms with Crippen LogP contribution in [-0.2, 0) is 32.4 Å². The molecule has 296 valence electrons. The fourth-order valence-corrected chi connectivity index (χ4v) is 7.61. The second-order valence-corrected chi connectivity index (χ2v) is 18.0. The SMILES string of the molecule is CCOc1ccccc1OCCN(C(=O)OC(C)(C)C)C(C)Cc1cc2c(c(C(N)=O)c1)N(C(=O)C(O[Si]C(C)(C)C)(c1ccccc1)c1ccccc1)CC2. The van der Waals surface area contributed by atoms with Crippen LogP contribution in [0.15, 0.2) is 97.1 Å². The van der Waals surface area contributed by atoms with Crippen molar-refractivity contribution in [2.75, 3.05) is 31.2 Å². The minimum atomic E-state index is -1.49. The second-order valence-electron chi connectivity index (χ2n) is 16.0. The number of para-hydroxylation sites is 2. The highest BCUT2D eigenvalue weighted by Crippen LogP contribution is 2.42. The maximum Gasteiger partial charge on any atom is 0.410 e. The van der Waals surface area contributed by atoms with Gasteiger partial charge in [0.2, 0.25) is 9.76 Å². The zero-order valence-corrected chi connectivity index (χ0v) is 34.9. The van der Waals surface area contributed by atoms with Gasteiger partial charge < -0.3 is 34.2 Å². The molecule has 1 aliphatic heterocycles. The monoisotopic (exact) mass is 777 g/mol. The number of carbonyl (C=O) groups is 3. The Balaban J connectivity index is 1.48. The van der Waals surface area contributed by atoms with E-state index in [1.807, 2.05) is 126 Å². The van der Waals surface area contributed by atoms with Gasteiger partial charge in [0.15, 0.2) is 17.1 Å². The highest BCUT2D eigenvalue weighted by Gasteiger charge is 2.48. The summed E-state index contributed by atoms with van der Waals surface area (Å²) in [6, 6.07) is 29.9. The Hall–Kier alpha value is -5.13. The zero-order chi connectivity index (χ0) is 40.7. The van der Waals surface area contributed by atoms with E-state index in [0.717, 1.165) is 11.1 Å². The molecule has 0 saturated carbocycles. The van der Waals surface area contributed by atoms with Crippen LogP contribution in [-0.4, -0.2) is 70.5 Å². The predicted octanol–water partition coefficient (Wildman–Crippen LogP) is 8.12. The van der Waals surface area contributed by atoms with Crippen LogP contribution in [0.25, 0.3) is 0 Å². The molecule has 1 aliphatic rings. The van der Waals surface area contributed by atoms with Crippen LogP contribution >= 0.6 is 0 Å². The van der Waals surface area contributed by atoms with Gasteiger partial charge in [-0.15, -0.1) is 0 Å². The van der Waals surface area contributed by atoms with E-state index in [9.17, 15) is 9.59 Å². The standard InChI is InChI=1S/C45H55N3O7Si/c1-9-52-37-22-16-17-23-38(37)53-27-26-47(42(51)54-43(3,4)5)31(2)28-32-29-33-24-25-48(39(33)36(30-32)40(46)49)41(50)45(55-56-44(6,7)8,34-18-12-10-13-19-34)35-20-14-11-15-21-35/h10-23,29-31H,9,24-28H2,1-8H3,(H2,46,49). The van der Waals surface area contributed by atoms with Crippen molar-refractivity contribution in [1.29, 1.82) is 0 Å². The van der Waals surface area contributed by atoms with Crippen LogP contribution in [0.4, 0.5) is 10.5 Å². The first-order chi connectivity index (χ1) is 26.5. The van der Waals surface area contributed by atoms with Crippen molar-refractivity contribution in [2.24, 2.45) is 5.73 Å². The smallest absolute Gasteiger partial charge is 0.410 e. The molecule has 0 aromatic heterocycles. The molecule has 0 spiro atoms. The van der Waals surface area contributed by atoms with Crippen LogP contribution in [0.3, 0.4) is 0 Å². The highest BCUT2D eigenvalue weighted by atomic mass is 28.2. The zero-order valence-electron chi connectivity index (χ0n) is 33.9. The maximum atomic E-state index is 15.3. The number of hydrogen-bond acceptors (Lipinski definition) is 7. The lowest BCUT2D eigenvalue weighted by molar-refractivity contribution is -0.131. The van der Waals surface area contributed by atoms with E-state index in [1.54, 1.807) is 15.9 Å². The average Bonchev–Trinajstić information content (AvgIpc) is 3.57. The van der Waals surface area contributed by atoms with E-state index in [-0.39, 0.29) is 45.5 Å². The normalized spacial score (nSPS) is 13.5. The molecule has 0 saturated heterocycles. The number of anilines is 1. The summed E-state index contributed by atoms with van der Waals surface area (Å²) in [4.78, 5) is 45.5. The van der Waals surface area contributed by atoms with Crippen molar-refractivity contribution in [1.82, 2.24) is 4.90 Å². The Labute approximate surface area is 334 Å². The largest absolute Gasteiger partial charge is 0.490 e. The topological polar surface area (TPSA) is 121 Å². The van der Waals surface area contributed by atoms with E-state index in [2.05, 4.69) is 20.8 Å². The molecule has 2 radical (unpaired) electrons. The van der Waals surface area contributed by atoms with Crippen LogP contribution in [0.5, 0.6) is 11.5 Å². The Kier molecular flexibility index (Phi) is 13.3. The number of amides is 3. The van der Waals surface area contributed by atoms with Crippen LogP contribution < -0.4 is 20.1 Å². The quantitative estimate of drug-likeness (QED) is 0.121. The molecule has 1 atom stereocenters. The van der Waals surface area contributed by atoms with Gasteiger partial charge in [-0.1, -0.05) is 99.6 Å². The first-order valence-corrected chi connectivity index (χ1v) is 20.1. The summed E-state index contributed by atoms with van der Waals surface area (Å²) >= 11 is 0. The Morgan fingerprint density at radius 2 is 1.41 bits per heavy atom. The van der Waals surface area contributed by atoms with Crippen molar-refractivity contribution in [3.63, 3.8) is 0 Å². The van der Waals surface area contributed by atoms with E-state index < -0.39 is 23.2 Å². The molecule has 3 amide bonds. The summed E-state index contributed by atoms with van der Waals surface area (Å²) in [7, 11) is -0.0221. The van der Waals surface area contributed by atoms with Crippen molar-refractivity contribution in [3.8, 4) is 11.5 Å². The molecule has 4 aromatic carbocycles. The van der Waals surface area contributed by atoms with Crippen LogP contribution in [0.2, 0.25) is 5.04 Å². The van der Waals surface area contributed by atoms with Gasteiger partial charge in [-0.25, -0.2) is 4.79 Å². The summed E-state index contributed by atoms with van der Waals surface area (Å²) < 4.78 is 24.5. The Morgan fingerprint density at radius 1 is 0.839 bits per heavy atom. The molecule has 56 heavy (non-hydrogen) atoms. The van der Waals surface area contributed by atoms with Crippen molar-refractivity contribution < 1.29 is 33.0 Å². The van der Waals surface area contributed by atoms with Gasteiger partial charge in [-0.3, -0.25) is 9.59 Å². The van der Waals surface area contributed by atoms with E-state index in [4.69, 9.17) is 24.4 Å². The number of rotatable bonds is 15. The molecule has 0 fully saturated rings. The minimum absolute atomic E-state index is 0.0221. The molecule has 0 aliphatic carbocycles. The predicted molar refractivity (Wildman–Crippen MR) is 220 cm³/mol. The fourth-order valence-electron chi connectivity index (χ4n) is 6.82. The van der Waals surface area contributed by atoms with E-state index in [0.29, 0.717) is 54.3 Å². The summed E-state index contributed by atoms with van der Waals surface area (Å²) in [6.07, 6.45) is 0.423. The number of carbonyl (C=O) groups excluding carboxylic acids is 3. The molecule has 11 heteroatoms. The lowest BCUT2D eigenvalue weighted by Gasteiger charge is -2.39. The first-order valence-electron chi connectivity index (χ1n) is 19.2. The number of nitrogens with zero attached hydrogens (tertiary/aromatic N) is 2. The summed E-state index contributed by atoms with van der Waals surface area (Å²) in [5.74, 6) is 0.268. The van der Waals surface area contributed by atoms with Gasteiger partial charge in [0.05, 0.1) is 24.4 Å². The molecule has 0 bridgehead atoms. The van der Waals surface area contributed by atoms with Gasteiger partial charge in [-0.05, 0) is 93.0 Å². The van der Waals surface area contributed by atoms with Crippen molar-refractivity contribution >= 4 is 33.4 Å². The third-order valence-electron chi connectivity index (χ3n) is 9.24. The van der Waals surface area contributed by atoms with E-state index in [1.165, 1.54) is 0 Å². The highest BCUT2D eigenvalue weighted by molar-refractivity contribution is 6.32. The number of ether oxygens (including phenoxy) is 3. The minimum Gasteiger partial charge on any atom is -0.490 e. The van der Waals surface area contributed by atoms with Gasteiger partial charge >= 0.3 is 6.09 Å². The van der Waals surface area contributed by atoms with Crippen LogP contribution in [0, 0.1) is 0 Å². The van der Waals surface area contributed by atoms with Crippen molar-refractivity contribution in [2.45, 2.75) is 90.5 Å². The number of nitrogens with two attached hydrogens (primary N) is 1. The molecule has 4 aromatic rings. The lowest BCUT2D eigenvalue weighted by Crippen LogP contribution is -2.51. The lowest BCUT2D eigenvalue weighted by atomic mass is 9.84. The molecule has 10 nitrogen and oxygen atoms in total. The van der Waals surface area contributed by atoms with E-state index >= 15 is 4.79 Å². The summed E-state index contributed by atoms with van der Waals surface area (Å²) in [5.41, 5.74) is 7.65. The first kappa shape index (κ1) is 42.0. The number of benzene rings is 4. The Bertz CT molecular complexity index is 1940. The molecule has 5 rings (SSSR count). The van der Waals surface area contributed by atoms with Gasteiger partial charge in [0.1, 0.15) is 12.2 Å². The molecular formula is C45H55N3O7Si. The maximum absolute atomic E-state index is 15.3. The second kappa shape index (κ2) is 17.8. The summed E-state index contributed by atoms with van der Waals surface area (Å²) in [6.45, 7) is 16.8. The van der Waals surface area contributed by atoms with Gasteiger partial charge in [0.25, 0.3) is 11.8 Å². The van der Waals surface area contributed by atoms with Crippen LogP contribution in [0.1, 0.15) is 88.0 Å². The number of primary amides is 1. The fraction of sp³-hybridized carbons (Fsp3) is 0.400. The molecule has 2 N–H and O–H groups in total. The average molecular weight is 778 g/mol. The van der Waals surface area contributed by atoms with Gasteiger partial charge in [0, 0.05) is 12.6 Å². The van der Waals surface area contributed by atoms with Gasteiger partial charge in [-0.2, -0.15) is 0 Å². The molecule has 1 unspecified atom stereocenters. The molecular weight excluding hydrogens is 723 g/mol. The summed E-state index contributed by atoms with van der Waals surface area (Å²) in [5, 5.41) is -0.227.